The molecule has 0 unspecified atom stereocenters. The Balaban J connectivity index is 0.00000128. The van der Waals surface area contributed by atoms with Crippen molar-refractivity contribution in [2.45, 2.75) is 12.5 Å². The maximum atomic E-state index is 15.1. The number of rotatable bonds is 2. The van der Waals surface area contributed by atoms with E-state index in [1.807, 2.05) is 0 Å². The van der Waals surface area contributed by atoms with Crippen molar-refractivity contribution in [1.82, 2.24) is 9.55 Å². The summed E-state index contributed by atoms with van der Waals surface area (Å²) < 4.78 is 22.6. The first-order valence-corrected chi connectivity index (χ1v) is 8.73. The molecule has 2 aliphatic heterocycles. The van der Waals surface area contributed by atoms with Gasteiger partial charge in [0.05, 0.1) is 11.6 Å². The lowest BCUT2D eigenvalue weighted by atomic mass is 10.1. The Morgan fingerprint density at radius 3 is 2.80 bits per heavy atom. The summed E-state index contributed by atoms with van der Waals surface area (Å²) in [6.45, 7) is 1.01. The Kier molecular flexibility index (Phi) is 5.64. The van der Waals surface area contributed by atoms with Crippen molar-refractivity contribution in [2.75, 3.05) is 18.0 Å². The molecule has 0 aliphatic carbocycles. The first-order valence-electron chi connectivity index (χ1n) is 8.73. The van der Waals surface area contributed by atoms with Crippen LogP contribution in [0.2, 0.25) is 0 Å². The molecule has 0 bridgehead atoms. The van der Waals surface area contributed by atoms with Crippen molar-refractivity contribution in [2.24, 2.45) is 5.73 Å². The minimum Gasteiger partial charge on any atom is -0.477 e. The molecule has 2 aliphatic rings. The monoisotopic (exact) mass is 454 g/mol. The SMILES string of the molecule is Cl.Cl.N[C@H]1CCN(c2c(F)cc3c(=O)c(C(=O)O)cn4c3c2Oc2ccncc2-4)C1. The van der Waals surface area contributed by atoms with Gasteiger partial charge in [0.2, 0.25) is 5.43 Å². The molecule has 0 spiro atoms. The van der Waals surface area contributed by atoms with Gasteiger partial charge >= 0.3 is 5.97 Å². The lowest BCUT2D eigenvalue weighted by Crippen LogP contribution is -2.28. The van der Waals surface area contributed by atoms with Crippen molar-refractivity contribution >= 4 is 47.4 Å². The second kappa shape index (κ2) is 7.75. The van der Waals surface area contributed by atoms with Crippen LogP contribution in [0.25, 0.3) is 16.6 Å². The van der Waals surface area contributed by atoms with Gasteiger partial charge in [0.1, 0.15) is 22.5 Å². The zero-order chi connectivity index (χ0) is 19.6. The van der Waals surface area contributed by atoms with Gasteiger partial charge in [0.15, 0.2) is 17.3 Å². The Bertz CT molecular complexity index is 1230. The number of carbonyl (C=O) groups is 1. The molecule has 2 aromatic heterocycles. The fourth-order valence-corrected chi connectivity index (χ4v) is 3.89. The van der Waals surface area contributed by atoms with Crippen molar-refractivity contribution in [3.63, 3.8) is 0 Å². The molecular weight excluding hydrogens is 438 g/mol. The summed E-state index contributed by atoms with van der Waals surface area (Å²) >= 11 is 0. The molecule has 3 aromatic rings. The highest BCUT2D eigenvalue weighted by molar-refractivity contribution is 5.99. The summed E-state index contributed by atoms with van der Waals surface area (Å²) in [4.78, 5) is 30.1. The van der Waals surface area contributed by atoms with Crippen LogP contribution in [0.4, 0.5) is 10.1 Å². The average molecular weight is 455 g/mol. The van der Waals surface area contributed by atoms with Crippen molar-refractivity contribution in [3.05, 3.63) is 52.3 Å². The van der Waals surface area contributed by atoms with E-state index in [1.54, 1.807) is 11.0 Å². The number of benzene rings is 1. The summed E-state index contributed by atoms with van der Waals surface area (Å²) in [6.07, 6.45) is 4.97. The molecule has 8 nitrogen and oxygen atoms in total. The number of aromatic nitrogens is 2. The molecule has 1 fully saturated rings. The fraction of sp³-hybridized carbons (Fsp3) is 0.211. The third kappa shape index (κ3) is 3.06. The zero-order valence-electron chi connectivity index (χ0n) is 15.4. The van der Waals surface area contributed by atoms with Crippen LogP contribution >= 0.6 is 24.8 Å². The average Bonchev–Trinajstić information content (AvgIpc) is 3.09. The number of pyridine rings is 2. The number of anilines is 1. The van der Waals surface area contributed by atoms with Crippen molar-refractivity contribution in [1.29, 1.82) is 0 Å². The number of fused-ring (bicyclic) bond motifs is 2. The number of nitrogens with two attached hydrogens (primary N) is 1. The minimum absolute atomic E-state index is 0. The summed E-state index contributed by atoms with van der Waals surface area (Å²) in [6, 6.07) is 2.60. The molecule has 1 atom stereocenters. The molecule has 1 saturated heterocycles. The Labute approximate surface area is 181 Å². The van der Waals surface area contributed by atoms with Gasteiger partial charge in [0, 0.05) is 37.6 Å². The largest absolute Gasteiger partial charge is 0.477 e. The molecule has 11 heteroatoms. The Hall–Kier alpha value is -2.88. The number of aromatic carboxylic acids is 1. The second-order valence-corrected chi connectivity index (χ2v) is 6.92. The highest BCUT2D eigenvalue weighted by Crippen LogP contribution is 2.46. The lowest BCUT2D eigenvalue weighted by Gasteiger charge is -2.28. The van der Waals surface area contributed by atoms with Gasteiger partial charge in [-0.3, -0.25) is 9.78 Å². The summed E-state index contributed by atoms with van der Waals surface area (Å²) in [5, 5.41) is 9.37. The molecule has 1 aromatic carbocycles. The number of nitrogens with zero attached hydrogens (tertiary/aromatic N) is 3. The van der Waals surface area contributed by atoms with Crippen LogP contribution in [-0.4, -0.2) is 39.8 Å². The predicted octanol–water partition coefficient (Wildman–Crippen LogP) is 2.71. The van der Waals surface area contributed by atoms with Gasteiger partial charge in [-0.2, -0.15) is 0 Å². The van der Waals surface area contributed by atoms with E-state index in [2.05, 4.69) is 4.98 Å². The first-order chi connectivity index (χ1) is 13.5. The topological polar surface area (TPSA) is 111 Å². The zero-order valence-corrected chi connectivity index (χ0v) is 17.0. The molecule has 0 amide bonds. The van der Waals surface area contributed by atoms with Crippen LogP contribution in [0.5, 0.6) is 11.5 Å². The van der Waals surface area contributed by atoms with E-state index in [0.717, 1.165) is 6.07 Å². The summed E-state index contributed by atoms with van der Waals surface area (Å²) in [7, 11) is 0. The number of hydrogen-bond acceptors (Lipinski definition) is 6. The predicted molar refractivity (Wildman–Crippen MR) is 114 cm³/mol. The molecule has 5 rings (SSSR count). The Morgan fingerprint density at radius 1 is 1.37 bits per heavy atom. The van der Waals surface area contributed by atoms with Crippen molar-refractivity contribution in [3.8, 4) is 17.2 Å². The highest BCUT2D eigenvalue weighted by Gasteiger charge is 2.32. The summed E-state index contributed by atoms with van der Waals surface area (Å²) in [5.41, 5.74) is 5.77. The van der Waals surface area contributed by atoms with E-state index in [4.69, 9.17) is 10.5 Å². The van der Waals surface area contributed by atoms with Gasteiger partial charge in [-0.15, -0.1) is 24.8 Å². The van der Waals surface area contributed by atoms with Crippen LogP contribution in [0.15, 0.2) is 35.5 Å². The molecule has 0 saturated carbocycles. The molecular formula is C19H17Cl2FN4O4. The van der Waals surface area contributed by atoms with Gasteiger partial charge in [-0.25, -0.2) is 9.18 Å². The van der Waals surface area contributed by atoms with Crippen LogP contribution in [-0.2, 0) is 0 Å². The molecule has 3 N–H and O–H groups in total. The van der Waals surface area contributed by atoms with Crippen LogP contribution in [0.1, 0.15) is 16.8 Å². The van der Waals surface area contributed by atoms with Gasteiger partial charge < -0.3 is 25.0 Å². The normalized spacial score (nSPS) is 16.3. The molecule has 30 heavy (non-hydrogen) atoms. The van der Waals surface area contributed by atoms with Crippen LogP contribution in [0, 0.1) is 5.82 Å². The van der Waals surface area contributed by atoms with E-state index in [0.29, 0.717) is 36.5 Å². The van der Waals surface area contributed by atoms with Gasteiger partial charge in [-0.05, 0) is 12.5 Å². The maximum absolute atomic E-state index is 15.1. The van der Waals surface area contributed by atoms with E-state index >= 15 is 4.39 Å². The molecule has 0 radical (unpaired) electrons. The van der Waals surface area contributed by atoms with Gasteiger partial charge in [-0.1, -0.05) is 0 Å². The number of hydrogen-bond donors (Lipinski definition) is 2. The van der Waals surface area contributed by atoms with Crippen molar-refractivity contribution < 1.29 is 19.0 Å². The second-order valence-electron chi connectivity index (χ2n) is 6.92. The van der Waals surface area contributed by atoms with E-state index in [1.165, 1.54) is 23.2 Å². The lowest BCUT2D eigenvalue weighted by molar-refractivity contribution is 0.0695. The van der Waals surface area contributed by atoms with E-state index in [-0.39, 0.29) is 47.7 Å². The summed E-state index contributed by atoms with van der Waals surface area (Å²) in [5.74, 6) is -1.47. The third-order valence-electron chi connectivity index (χ3n) is 5.18. The quantitative estimate of drug-likeness (QED) is 0.478. The van der Waals surface area contributed by atoms with Gasteiger partial charge in [0.25, 0.3) is 0 Å². The minimum atomic E-state index is -1.39. The number of ether oxygens (including phenoxy) is 1. The van der Waals surface area contributed by atoms with E-state index in [9.17, 15) is 14.7 Å². The first kappa shape index (κ1) is 21.8. The smallest absolute Gasteiger partial charge is 0.341 e. The number of halogens is 3. The Morgan fingerprint density at radius 2 is 2.13 bits per heavy atom. The van der Waals surface area contributed by atoms with E-state index < -0.39 is 22.8 Å². The standard InChI is InChI=1S/C19H15FN4O4.2ClH/c20-12-5-10-15-18(16(12)23-4-2-9(21)7-23)28-14-1-3-22-6-13(14)24(15)8-11(17(10)25)19(26)27;;/h1,3,5-6,8-9H,2,4,7,21H2,(H,26,27);2*1H/t9-;;/m0../s1. The van der Waals surface area contributed by atoms with Crippen LogP contribution in [0.3, 0.4) is 0 Å². The van der Waals surface area contributed by atoms with Crippen LogP contribution < -0.4 is 20.8 Å². The third-order valence-corrected chi connectivity index (χ3v) is 5.18. The number of carboxylic acid groups (broad SMARTS) is 1. The molecule has 158 valence electrons. The fourth-order valence-electron chi connectivity index (χ4n) is 3.89. The number of carboxylic acids is 1. The maximum Gasteiger partial charge on any atom is 0.341 e. The molecule has 4 heterocycles. The highest BCUT2D eigenvalue weighted by atomic mass is 35.5.